The predicted molar refractivity (Wildman–Crippen MR) is 52.2 cm³/mol. The van der Waals surface area contributed by atoms with E-state index in [-0.39, 0.29) is 11.7 Å². The molecule has 1 saturated heterocycles. The number of tetrazole rings is 1. The lowest BCUT2D eigenvalue weighted by Crippen LogP contribution is -2.31. The van der Waals surface area contributed by atoms with E-state index in [1.54, 1.807) is 0 Å². The SMILES string of the molecule is O=C(NCC[C@H]1CCCN1)c1nn[nH]n1. The van der Waals surface area contributed by atoms with Gasteiger partial charge in [0.25, 0.3) is 11.7 Å². The fourth-order valence-corrected chi connectivity index (χ4v) is 1.70. The number of H-pyrrole nitrogens is 1. The lowest BCUT2D eigenvalue weighted by atomic mass is 10.1. The number of nitrogens with zero attached hydrogens (tertiary/aromatic N) is 3. The standard InChI is InChI=1S/C8H14N6O/c15-8(7-11-13-14-12-7)10-5-3-6-2-1-4-9-6/h6,9H,1-5H2,(H,10,15)(H,11,12,13,14)/t6-/m1/s1. The van der Waals surface area contributed by atoms with Crippen molar-refractivity contribution in [3.05, 3.63) is 5.82 Å². The van der Waals surface area contributed by atoms with Gasteiger partial charge in [0.1, 0.15) is 0 Å². The van der Waals surface area contributed by atoms with E-state index < -0.39 is 0 Å². The maximum absolute atomic E-state index is 11.4. The van der Waals surface area contributed by atoms with E-state index in [0.29, 0.717) is 12.6 Å². The van der Waals surface area contributed by atoms with Gasteiger partial charge in [-0.25, -0.2) is 0 Å². The van der Waals surface area contributed by atoms with Crippen LogP contribution in [0.2, 0.25) is 0 Å². The third kappa shape index (κ3) is 2.72. The first-order valence-electron chi connectivity index (χ1n) is 5.11. The van der Waals surface area contributed by atoms with Crippen molar-refractivity contribution < 1.29 is 4.79 Å². The summed E-state index contributed by atoms with van der Waals surface area (Å²) in [5.41, 5.74) is 0. The van der Waals surface area contributed by atoms with Crippen molar-refractivity contribution in [3.8, 4) is 0 Å². The zero-order valence-corrected chi connectivity index (χ0v) is 8.36. The molecular weight excluding hydrogens is 196 g/mol. The van der Waals surface area contributed by atoms with Crippen molar-refractivity contribution in [2.45, 2.75) is 25.3 Å². The normalized spacial score (nSPS) is 20.4. The van der Waals surface area contributed by atoms with Gasteiger partial charge in [0.15, 0.2) is 0 Å². The molecule has 0 spiro atoms. The molecule has 0 radical (unpaired) electrons. The average molecular weight is 210 g/mol. The first-order chi connectivity index (χ1) is 7.36. The van der Waals surface area contributed by atoms with Gasteiger partial charge < -0.3 is 10.6 Å². The Labute approximate surface area is 87.0 Å². The van der Waals surface area contributed by atoms with Crippen molar-refractivity contribution >= 4 is 5.91 Å². The van der Waals surface area contributed by atoms with Crippen LogP contribution < -0.4 is 10.6 Å². The van der Waals surface area contributed by atoms with Crippen LogP contribution in [0.15, 0.2) is 0 Å². The Balaban J connectivity index is 1.67. The molecule has 1 fully saturated rings. The van der Waals surface area contributed by atoms with Crippen LogP contribution in [0.5, 0.6) is 0 Å². The zero-order chi connectivity index (χ0) is 10.5. The van der Waals surface area contributed by atoms with Gasteiger partial charge in [0.2, 0.25) is 0 Å². The summed E-state index contributed by atoms with van der Waals surface area (Å²) in [5, 5.41) is 18.9. The summed E-state index contributed by atoms with van der Waals surface area (Å²) in [4.78, 5) is 11.4. The number of carbonyl (C=O) groups is 1. The summed E-state index contributed by atoms with van der Waals surface area (Å²) in [6, 6.07) is 0.538. The second-order valence-corrected chi connectivity index (χ2v) is 3.57. The minimum Gasteiger partial charge on any atom is -0.349 e. The molecule has 1 amide bonds. The summed E-state index contributed by atoms with van der Waals surface area (Å²) in [6.07, 6.45) is 3.37. The Kier molecular flexibility index (Phi) is 3.23. The highest BCUT2D eigenvalue weighted by Crippen LogP contribution is 2.07. The molecule has 1 aromatic heterocycles. The topological polar surface area (TPSA) is 95.6 Å². The molecule has 3 N–H and O–H groups in total. The second-order valence-electron chi connectivity index (χ2n) is 3.57. The average Bonchev–Trinajstić information content (AvgIpc) is 2.90. The van der Waals surface area contributed by atoms with Gasteiger partial charge in [-0.1, -0.05) is 0 Å². The van der Waals surface area contributed by atoms with Gasteiger partial charge in [0, 0.05) is 12.6 Å². The summed E-state index contributed by atoms with van der Waals surface area (Å²) >= 11 is 0. The molecule has 0 bridgehead atoms. The number of amides is 1. The zero-order valence-electron chi connectivity index (χ0n) is 8.36. The second kappa shape index (κ2) is 4.83. The number of aromatic nitrogens is 4. The van der Waals surface area contributed by atoms with Crippen molar-refractivity contribution in [3.63, 3.8) is 0 Å². The van der Waals surface area contributed by atoms with Crippen LogP contribution >= 0.6 is 0 Å². The quantitative estimate of drug-likeness (QED) is 0.597. The number of hydrogen-bond acceptors (Lipinski definition) is 5. The number of aromatic amines is 1. The van der Waals surface area contributed by atoms with Crippen LogP contribution in [-0.4, -0.2) is 45.7 Å². The molecule has 0 saturated carbocycles. The van der Waals surface area contributed by atoms with Gasteiger partial charge in [0.05, 0.1) is 0 Å². The number of rotatable bonds is 4. The molecule has 1 atom stereocenters. The summed E-state index contributed by atoms with van der Waals surface area (Å²) in [6.45, 7) is 1.73. The molecule has 1 aliphatic heterocycles. The molecule has 2 rings (SSSR count). The Morgan fingerprint density at radius 2 is 2.53 bits per heavy atom. The molecular formula is C8H14N6O. The number of hydrogen-bond donors (Lipinski definition) is 3. The minimum atomic E-state index is -0.276. The molecule has 7 heteroatoms. The predicted octanol–water partition coefficient (Wildman–Crippen LogP) is -0.928. The number of nitrogens with one attached hydrogen (secondary N) is 3. The van der Waals surface area contributed by atoms with Crippen molar-refractivity contribution in [2.75, 3.05) is 13.1 Å². The maximum atomic E-state index is 11.4. The first-order valence-corrected chi connectivity index (χ1v) is 5.11. The van der Waals surface area contributed by atoms with E-state index in [2.05, 4.69) is 31.3 Å². The molecule has 0 unspecified atom stereocenters. The molecule has 2 heterocycles. The van der Waals surface area contributed by atoms with E-state index >= 15 is 0 Å². The Hall–Kier alpha value is -1.50. The van der Waals surface area contributed by atoms with E-state index in [4.69, 9.17) is 0 Å². The molecule has 0 aliphatic carbocycles. The first kappa shape index (κ1) is 10.0. The summed E-state index contributed by atoms with van der Waals surface area (Å²) < 4.78 is 0. The van der Waals surface area contributed by atoms with Gasteiger partial charge in [-0.3, -0.25) is 4.79 Å². The maximum Gasteiger partial charge on any atom is 0.292 e. The van der Waals surface area contributed by atoms with E-state index in [0.717, 1.165) is 13.0 Å². The van der Waals surface area contributed by atoms with Gasteiger partial charge in [-0.15, -0.1) is 10.2 Å². The monoisotopic (exact) mass is 210 g/mol. The molecule has 0 aromatic carbocycles. The van der Waals surface area contributed by atoms with Gasteiger partial charge in [-0.05, 0) is 31.0 Å². The van der Waals surface area contributed by atoms with Crippen LogP contribution in [0.1, 0.15) is 29.9 Å². The molecule has 82 valence electrons. The minimum absolute atomic E-state index is 0.0920. The highest BCUT2D eigenvalue weighted by atomic mass is 16.2. The van der Waals surface area contributed by atoms with Crippen LogP contribution in [-0.2, 0) is 0 Å². The molecule has 15 heavy (non-hydrogen) atoms. The lowest BCUT2D eigenvalue weighted by Gasteiger charge is -2.09. The Bertz CT molecular complexity index is 305. The van der Waals surface area contributed by atoms with Crippen molar-refractivity contribution in [1.29, 1.82) is 0 Å². The van der Waals surface area contributed by atoms with E-state index in [1.807, 2.05) is 0 Å². The van der Waals surface area contributed by atoms with Crippen LogP contribution in [0, 0.1) is 0 Å². The fourth-order valence-electron chi connectivity index (χ4n) is 1.70. The largest absolute Gasteiger partial charge is 0.349 e. The summed E-state index contributed by atoms with van der Waals surface area (Å²) in [7, 11) is 0. The van der Waals surface area contributed by atoms with Crippen LogP contribution in [0.25, 0.3) is 0 Å². The highest BCUT2D eigenvalue weighted by molar-refractivity contribution is 5.89. The number of carbonyl (C=O) groups excluding carboxylic acids is 1. The van der Waals surface area contributed by atoms with Gasteiger partial charge in [-0.2, -0.15) is 5.21 Å². The smallest absolute Gasteiger partial charge is 0.292 e. The third-order valence-corrected chi connectivity index (χ3v) is 2.49. The molecule has 1 aliphatic rings. The van der Waals surface area contributed by atoms with Crippen molar-refractivity contribution in [2.24, 2.45) is 0 Å². The highest BCUT2D eigenvalue weighted by Gasteiger charge is 2.15. The molecule has 7 nitrogen and oxygen atoms in total. The molecule has 1 aromatic rings. The Morgan fingerprint density at radius 1 is 1.60 bits per heavy atom. The third-order valence-electron chi connectivity index (χ3n) is 2.49. The lowest BCUT2D eigenvalue weighted by molar-refractivity contribution is 0.0942. The van der Waals surface area contributed by atoms with Crippen LogP contribution in [0.4, 0.5) is 0 Å². The fraction of sp³-hybridized carbons (Fsp3) is 0.750. The Morgan fingerprint density at radius 3 is 3.20 bits per heavy atom. The van der Waals surface area contributed by atoms with E-state index in [1.165, 1.54) is 12.8 Å². The summed E-state index contributed by atoms with van der Waals surface area (Å²) in [5.74, 6) is -0.184. The van der Waals surface area contributed by atoms with E-state index in [9.17, 15) is 4.79 Å². The van der Waals surface area contributed by atoms with Crippen molar-refractivity contribution in [1.82, 2.24) is 31.3 Å². The van der Waals surface area contributed by atoms with Crippen LogP contribution in [0.3, 0.4) is 0 Å². The van der Waals surface area contributed by atoms with Gasteiger partial charge >= 0.3 is 0 Å².